The third-order valence-electron chi connectivity index (χ3n) is 4.72. The molecule has 1 aromatic rings. The Labute approximate surface area is 121 Å². The first-order valence-electron chi connectivity index (χ1n) is 7.54. The van der Waals surface area contributed by atoms with Crippen molar-refractivity contribution in [1.82, 2.24) is 0 Å². The van der Waals surface area contributed by atoms with Crippen molar-refractivity contribution in [3.63, 3.8) is 0 Å². The van der Waals surface area contributed by atoms with Crippen LogP contribution in [-0.2, 0) is 11.2 Å². The van der Waals surface area contributed by atoms with E-state index in [9.17, 15) is 5.11 Å². The first kappa shape index (κ1) is 13.9. The van der Waals surface area contributed by atoms with Crippen molar-refractivity contribution in [1.29, 1.82) is 0 Å². The Bertz CT molecular complexity index is 522. The van der Waals surface area contributed by atoms with Gasteiger partial charge >= 0.3 is 0 Å². The van der Waals surface area contributed by atoms with E-state index in [4.69, 9.17) is 4.74 Å². The minimum Gasteiger partial charge on any atom is -0.388 e. The van der Waals surface area contributed by atoms with Crippen LogP contribution in [0.3, 0.4) is 0 Å². The molecular formula is C17H25NO2. The summed E-state index contributed by atoms with van der Waals surface area (Å²) in [4.78, 5) is 0. The standard InChI is InChI=1S/C17H25NO2/c1-16(2)10-13(17(3,4)20-16)15(19)12-7-5-6-11-8-9-18-14(11)12/h5-7,13,15,18-19H,8-10H2,1-4H3. The molecule has 1 aromatic carbocycles. The maximum Gasteiger partial charge on any atom is 0.0866 e. The zero-order valence-electron chi connectivity index (χ0n) is 12.9. The molecule has 2 aliphatic rings. The molecule has 2 aliphatic heterocycles. The van der Waals surface area contributed by atoms with Gasteiger partial charge in [0.1, 0.15) is 0 Å². The third kappa shape index (κ3) is 2.23. The van der Waals surface area contributed by atoms with Gasteiger partial charge in [0.25, 0.3) is 0 Å². The van der Waals surface area contributed by atoms with E-state index in [1.54, 1.807) is 0 Å². The van der Waals surface area contributed by atoms with Gasteiger partial charge in [-0.25, -0.2) is 0 Å². The molecule has 3 nitrogen and oxygen atoms in total. The van der Waals surface area contributed by atoms with E-state index >= 15 is 0 Å². The van der Waals surface area contributed by atoms with Gasteiger partial charge in [-0.2, -0.15) is 0 Å². The number of anilines is 1. The van der Waals surface area contributed by atoms with E-state index in [-0.39, 0.29) is 17.1 Å². The second kappa shape index (κ2) is 4.47. The van der Waals surface area contributed by atoms with Gasteiger partial charge in [0, 0.05) is 23.7 Å². The van der Waals surface area contributed by atoms with Crippen LogP contribution < -0.4 is 5.32 Å². The van der Waals surface area contributed by atoms with Crippen molar-refractivity contribution in [2.24, 2.45) is 5.92 Å². The number of hydrogen-bond donors (Lipinski definition) is 2. The SMILES string of the molecule is CC1(C)CC(C(O)c2cccc3c2NCC3)C(C)(C)O1. The van der Waals surface area contributed by atoms with E-state index < -0.39 is 6.10 Å². The van der Waals surface area contributed by atoms with Gasteiger partial charge in [0.2, 0.25) is 0 Å². The van der Waals surface area contributed by atoms with Crippen LogP contribution in [0.5, 0.6) is 0 Å². The summed E-state index contributed by atoms with van der Waals surface area (Å²) in [7, 11) is 0. The smallest absolute Gasteiger partial charge is 0.0866 e. The number of aliphatic hydroxyl groups is 1. The summed E-state index contributed by atoms with van der Waals surface area (Å²) in [6, 6.07) is 6.24. The van der Waals surface area contributed by atoms with Gasteiger partial charge in [0.15, 0.2) is 0 Å². The summed E-state index contributed by atoms with van der Waals surface area (Å²) >= 11 is 0. The van der Waals surface area contributed by atoms with Crippen LogP contribution >= 0.6 is 0 Å². The highest BCUT2D eigenvalue weighted by Crippen LogP contribution is 2.49. The molecular weight excluding hydrogens is 250 g/mol. The molecule has 110 valence electrons. The summed E-state index contributed by atoms with van der Waals surface area (Å²) < 4.78 is 6.13. The van der Waals surface area contributed by atoms with Crippen molar-refractivity contribution in [2.75, 3.05) is 11.9 Å². The van der Waals surface area contributed by atoms with Gasteiger partial charge < -0.3 is 15.2 Å². The Hall–Kier alpha value is -1.06. The zero-order valence-corrected chi connectivity index (χ0v) is 12.9. The molecule has 2 N–H and O–H groups in total. The summed E-state index contributed by atoms with van der Waals surface area (Å²) in [6.45, 7) is 9.36. The lowest BCUT2D eigenvalue weighted by atomic mass is 9.80. The van der Waals surface area contributed by atoms with Crippen molar-refractivity contribution in [3.05, 3.63) is 29.3 Å². The van der Waals surface area contributed by atoms with Crippen molar-refractivity contribution < 1.29 is 9.84 Å². The lowest BCUT2D eigenvalue weighted by Gasteiger charge is -2.31. The Morgan fingerprint density at radius 3 is 2.70 bits per heavy atom. The molecule has 0 radical (unpaired) electrons. The fraction of sp³-hybridized carbons (Fsp3) is 0.647. The largest absolute Gasteiger partial charge is 0.388 e. The van der Waals surface area contributed by atoms with Crippen LogP contribution in [0.15, 0.2) is 18.2 Å². The maximum absolute atomic E-state index is 10.9. The molecule has 1 fully saturated rings. The molecule has 2 unspecified atom stereocenters. The topological polar surface area (TPSA) is 41.5 Å². The lowest BCUT2D eigenvalue weighted by Crippen LogP contribution is -2.32. The average Bonchev–Trinajstić information content (AvgIpc) is 2.89. The fourth-order valence-electron chi connectivity index (χ4n) is 3.93. The minimum absolute atomic E-state index is 0.117. The Morgan fingerprint density at radius 1 is 1.30 bits per heavy atom. The number of ether oxygens (including phenoxy) is 1. The summed E-state index contributed by atoms with van der Waals surface area (Å²) in [5, 5.41) is 14.4. The maximum atomic E-state index is 10.9. The molecule has 3 heteroatoms. The van der Waals surface area contributed by atoms with Gasteiger partial charge in [-0.15, -0.1) is 0 Å². The highest BCUT2D eigenvalue weighted by atomic mass is 16.5. The molecule has 0 bridgehead atoms. The number of hydrogen-bond acceptors (Lipinski definition) is 3. The quantitative estimate of drug-likeness (QED) is 0.870. The molecule has 0 aromatic heterocycles. The number of nitrogens with one attached hydrogen (secondary N) is 1. The average molecular weight is 275 g/mol. The van der Waals surface area contributed by atoms with Crippen LogP contribution in [0.25, 0.3) is 0 Å². The summed E-state index contributed by atoms with van der Waals surface area (Å²) in [5.41, 5.74) is 3.02. The van der Waals surface area contributed by atoms with Crippen LogP contribution in [0, 0.1) is 5.92 Å². The van der Waals surface area contributed by atoms with Gasteiger partial charge in [0.05, 0.1) is 17.3 Å². The second-order valence-corrected chi connectivity index (χ2v) is 7.28. The highest BCUT2D eigenvalue weighted by molar-refractivity contribution is 5.62. The van der Waals surface area contributed by atoms with E-state index in [1.807, 2.05) is 6.07 Å². The summed E-state index contributed by atoms with van der Waals surface area (Å²) in [5.74, 6) is 0.117. The Morgan fingerprint density at radius 2 is 2.05 bits per heavy atom. The summed E-state index contributed by atoms with van der Waals surface area (Å²) in [6.07, 6.45) is 1.45. The predicted octanol–water partition coefficient (Wildman–Crippen LogP) is 3.28. The normalized spacial score (nSPS) is 27.9. The first-order chi connectivity index (χ1) is 9.30. The van der Waals surface area contributed by atoms with Crippen molar-refractivity contribution in [2.45, 2.75) is 57.8 Å². The van der Waals surface area contributed by atoms with Gasteiger partial charge in [-0.05, 0) is 46.1 Å². The molecule has 3 rings (SSSR count). The molecule has 0 spiro atoms. The van der Waals surface area contributed by atoms with Crippen molar-refractivity contribution >= 4 is 5.69 Å². The Balaban J connectivity index is 1.94. The number of rotatable bonds is 2. The first-order valence-corrected chi connectivity index (χ1v) is 7.54. The van der Waals surface area contributed by atoms with Crippen LogP contribution in [0.4, 0.5) is 5.69 Å². The van der Waals surface area contributed by atoms with Gasteiger partial charge in [-0.1, -0.05) is 18.2 Å². The zero-order chi connectivity index (χ0) is 14.5. The fourth-order valence-corrected chi connectivity index (χ4v) is 3.93. The molecule has 20 heavy (non-hydrogen) atoms. The van der Waals surface area contributed by atoms with Crippen LogP contribution in [-0.4, -0.2) is 22.9 Å². The second-order valence-electron chi connectivity index (χ2n) is 7.28. The molecule has 0 amide bonds. The van der Waals surface area contributed by atoms with Crippen LogP contribution in [0.2, 0.25) is 0 Å². The molecule has 0 aliphatic carbocycles. The van der Waals surface area contributed by atoms with E-state index in [0.717, 1.165) is 30.6 Å². The monoisotopic (exact) mass is 275 g/mol. The van der Waals surface area contributed by atoms with E-state index in [2.05, 4.69) is 45.1 Å². The number of aliphatic hydroxyl groups excluding tert-OH is 1. The lowest BCUT2D eigenvalue weighted by molar-refractivity contribution is -0.0879. The Kier molecular flexibility index (Phi) is 3.11. The third-order valence-corrected chi connectivity index (χ3v) is 4.72. The van der Waals surface area contributed by atoms with Crippen LogP contribution in [0.1, 0.15) is 51.3 Å². The molecule has 0 saturated carbocycles. The molecule has 2 atom stereocenters. The van der Waals surface area contributed by atoms with Gasteiger partial charge in [-0.3, -0.25) is 0 Å². The molecule has 2 heterocycles. The number of para-hydroxylation sites is 1. The number of benzene rings is 1. The number of fused-ring (bicyclic) bond motifs is 1. The highest BCUT2D eigenvalue weighted by Gasteiger charge is 2.49. The van der Waals surface area contributed by atoms with Crippen molar-refractivity contribution in [3.8, 4) is 0 Å². The predicted molar refractivity (Wildman–Crippen MR) is 80.9 cm³/mol. The molecule has 1 saturated heterocycles. The van der Waals surface area contributed by atoms with E-state index in [0.29, 0.717) is 0 Å². The van der Waals surface area contributed by atoms with E-state index in [1.165, 1.54) is 5.56 Å². The minimum atomic E-state index is -0.479.